The van der Waals surface area contributed by atoms with E-state index in [2.05, 4.69) is 15.6 Å². The molecule has 10 heteroatoms. The Morgan fingerprint density at radius 3 is 2.50 bits per heavy atom. The molecule has 2 aromatic rings. The van der Waals surface area contributed by atoms with Gasteiger partial charge in [-0.2, -0.15) is 0 Å². The third-order valence-electron chi connectivity index (χ3n) is 6.40. The second-order valence-electron chi connectivity index (χ2n) is 9.17. The predicted molar refractivity (Wildman–Crippen MR) is 143 cm³/mol. The maximum absolute atomic E-state index is 13.1. The summed E-state index contributed by atoms with van der Waals surface area (Å²) in [5.74, 6) is -0.892. The highest BCUT2D eigenvalue weighted by molar-refractivity contribution is 5.93. The standard InChI is InChI=1S/C28H35N5O5/c1-20(22-12-6-3-7-13-22)26(36)33-17-9-15-24(33)25(35)31-23(18-34)14-8-16-30-27(29)32-28(37)38-19-21-10-4-2-5-11-21/h2-7,10-13,18,20,23-24H,8-9,14-17,19H2,1H3,(H,31,35)(H3,29,30,32,37)/t20-,23-,24-/m0/s1. The van der Waals surface area contributed by atoms with E-state index in [9.17, 15) is 19.2 Å². The number of guanidine groups is 1. The zero-order valence-corrected chi connectivity index (χ0v) is 21.5. The van der Waals surface area contributed by atoms with Gasteiger partial charge in [0.15, 0.2) is 5.96 Å². The van der Waals surface area contributed by atoms with Gasteiger partial charge in [0.05, 0.1) is 12.0 Å². The van der Waals surface area contributed by atoms with E-state index >= 15 is 0 Å². The first kappa shape index (κ1) is 28.4. The van der Waals surface area contributed by atoms with Gasteiger partial charge in [0.2, 0.25) is 11.8 Å². The van der Waals surface area contributed by atoms with Crippen LogP contribution < -0.4 is 16.4 Å². The summed E-state index contributed by atoms with van der Waals surface area (Å²) >= 11 is 0. The van der Waals surface area contributed by atoms with Crippen molar-refractivity contribution in [3.8, 4) is 0 Å². The van der Waals surface area contributed by atoms with Gasteiger partial charge in [-0.1, -0.05) is 60.7 Å². The van der Waals surface area contributed by atoms with Crippen molar-refractivity contribution in [2.45, 2.75) is 57.2 Å². The fourth-order valence-electron chi connectivity index (χ4n) is 4.30. The molecular weight excluding hydrogens is 486 g/mol. The number of ether oxygens (including phenoxy) is 1. The fourth-order valence-corrected chi connectivity index (χ4v) is 4.30. The molecule has 0 aliphatic carbocycles. The normalized spacial score (nSPS) is 16.8. The summed E-state index contributed by atoms with van der Waals surface area (Å²) in [7, 11) is 0. The van der Waals surface area contributed by atoms with E-state index in [1.54, 1.807) is 4.90 Å². The summed E-state index contributed by atoms with van der Waals surface area (Å²) in [6, 6.07) is 17.4. The van der Waals surface area contributed by atoms with Gasteiger partial charge in [-0.05, 0) is 43.7 Å². The van der Waals surface area contributed by atoms with Crippen LogP contribution in [0.1, 0.15) is 49.7 Å². The molecule has 0 unspecified atom stereocenters. The number of nitrogens with zero attached hydrogens (tertiary/aromatic N) is 2. The van der Waals surface area contributed by atoms with Gasteiger partial charge < -0.3 is 25.5 Å². The van der Waals surface area contributed by atoms with E-state index in [4.69, 9.17) is 10.5 Å². The highest BCUT2D eigenvalue weighted by Gasteiger charge is 2.36. The van der Waals surface area contributed by atoms with Crippen LogP contribution in [0.15, 0.2) is 65.7 Å². The van der Waals surface area contributed by atoms with Crippen LogP contribution in [0, 0.1) is 0 Å². The van der Waals surface area contributed by atoms with Crippen molar-refractivity contribution in [1.29, 1.82) is 0 Å². The first-order valence-corrected chi connectivity index (χ1v) is 12.8. The van der Waals surface area contributed by atoms with Crippen LogP contribution >= 0.6 is 0 Å². The van der Waals surface area contributed by atoms with E-state index in [1.807, 2.05) is 67.6 Å². The van der Waals surface area contributed by atoms with E-state index in [0.29, 0.717) is 32.1 Å². The maximum atomic E-state index is 13.1. The lowest BCUT2D eigenvalue weighted by Crippen LogP contribution is -2.50. The van der Waals surface area contributed by atoms with Crippen molar-refractivity contribution in [1.82, 2.24) is 15.5 Å². The van der Waals surface area contributed by atoms with E-state index in [1.165, 1.54) is 0 Å². The number of benzene rings is 2. The molecule has 0 radical (unpaired) electrons. The van der Waals surface area contributed by atoms with Gasteiger partial charge in [0.25, 0.3) is 0 Å². The molecule has 3 amide bonds. The molecule has 0 saturated carbocycles. The van der Waals surface area contributed by atoms with E-state index < -0.39 is 18.2 Å². The number of rotatable bonds is 11. The molecule has 4 N–H and O–H groups in total. The summed E-state index contributed by atoms with van der Waals surface area (Å²) in [4.78, 5) is 55.2. The molecule has 1 heterocycles. The lowest BCUT2D eigenvalue weighted by molar-refractivity contribution is -0.139. The number of likely N-dealkylation sites (tertiary alicyclic amines) is 1. The number of nitrogens with one attached hydrogen (secondary N) is 2. The Kier molecular flexibility index (Phi) is 10.8. The number of hydrogen-bond acceptors (Lipinski definition) is 6. The van der Waals surface area contributed by atoms with Crippen LogP contribution in [-0.4, -0.2) is 60.2 Å². The third-order valence-corrected chi connectivity index (χ3v) is 6.40. The Bertz CT molecular complexity index is 1110. The average Bonchev–Trinajstić information content (AvgIpc) is 3.44. The Balaban J connectivity index is 1.41. The summed E-state index contributed by atoms with van der Waals surface area (Å²) in [6.45, 7) is 2.70. The fraction of sp³-hybridized carbons (Fsp3) is 0.393. The smallest absolute Gasteiger partial charge is 0.414 e. The van der Waals surface area contributed by atoms with Crippen molar-refractivity contribution >= 4 is 30.2 Å². The molecule has 2 aromatic carbocycles. The highest BCUT2D eigenvalue weighted by atomic mass is 16.5. The molecule has 1 fully saturated rings. The quantitative estimate of drug-likeness (QED) is 0.179. The van der Waals surface area contributed by atoms with E-state index in [0.717, 1.165) is 17.5 Å². The lowest BCUT2D eigenvalue weighted by atomic mass is 9.99. The van der Waals surface area contributed by atoms with Crippen LogP contribution in [-0.2, 0) is 25.7 Å². The number of carbonyl (C=O) groups excluding carboxylic acids is 4. The molecule has 38 heavy (non-hydrogen) atoms. The number of hydrogen-bond donors (Lipinski definition) is 3. The Hall–Kier alpha value is -4.21. The molecule has 1 saturated heterocycles. The lowest BCUT2D eigenvalue weighted by Gasteiger charge is -2.28. The third kappa shape index (κ3) is 8.43. The summed E-state index contributed by atoms with van der Waals surface area (Å²) in [5, 5.41) is 5.10. The predicted octanol–water partition coefficient (Wildman–Crippen LogP) is 2.49. The number of nitrogens with two attached hydrogens (primary N) is 1. The van der Waals surface area contributed by atoms with Gasteiger partial charge in [0.1, 0.15) is 18.9 Å². The molecular formula is C28H35N5O5. The summed E-state index contributed by atoms with van der Waals surface area (Å²) < 4.78 is 5.09. The molecule has 3 rings (SSSR count). The van der Waals surface area contributed by atoms with Crippen LogP contribution in [0.3, 0.4) is 0 Å². The van der Waals surface area contributed by atoms with Crippen molar-refractivity contribution < 1.29 is 23.9 Å². The highest BCUT2D eigenvalue weighted by Crippen LogP contribution is 2.25. The van der Waals surface area contributed by atoms with Crippen molar-refractivity contribution in [3.05, 3.63) is 71.8 Å². The maximum Gasteiger partial charge on any atom is 0.414 e. The minimum Gasteiger partial charge on any atom is -0.444 e. The monoisotopic (exact) mass is 521 g/mol. The number of carbonyl (C=O) groups is 4. The number of aldehydes is 1. The Labute approximate surface area is 222 Å². The van der Waals surface area contributed by atoms with Crippen LogP contribution in [0.25, 0.3) is 0 Å². The van der Waals surface area contributed by atoms with Gasteiger partial charge in [-0.15, -0.1) is 0 Å². The summed E-state index contributed by atoms with van der Waals surface area (Å²) in [5.41, 5.74) is 7.47. The summed E-state index contributed by atoms with van der Waals surface area (Å²) in [6.07, 6.45) is 2.03. The molecule has 1 aliphatic heterocycles. The zero-order chi connectivity index (χ0) is 27.3. The van der Waals surface area contributed by atoms with E-state index in [-0.39, 0.29) is 36.8 Å². The molecule has 0 bridgehead atoms. The van der Waals surface area contributed by atoms with Crippen LogP contribution in [0.2, 0.25) is 0 Å². The van der Waals surface area contributed by atoms with Crippen LogP contribution in [0.4, 0.5) is 4.79 Å². The molecule has 10 nitrogen and oxygen atoms in total. The zero-order valence-electron chi connectivity index (χ0n) is 21.5. The molecule has 3 atom stereocenters. The SMILES string of the molecule is C[C@H](C(=O)N1CCC[C@H]1C(=O)N[C@H](C=O)CCCN=C(N)NC(=O)OCc1ccccc1)c1ccccc1. The number of alkyl carbamates (subject to hydrolysis) is 1. The van der Waals surface area contributed by atoms with Crippen molar-refractivity contribution in [2.75, 3.05) is 13.1 Å². The second kappa shape index (κ2) is 14.5. The largest absolute Gasteiger partial charge is 0.444 e. The minimum atomic E-state index is -0.717. The first-order valence-electron chi connectivity index (χ1n) is 12.8. The van der Waals surface area contributed by atoms with Gasteiger partial charge in [0, 0.05) is 13.1 Å². The van der Waals surface area contributed by atoms with Gasteiger partial charge in [-0.3, -0.25) is 19.9 Å². The Morgan fingerprint density at radius 1 is 1.13 bits per heavy atom. The van der Waals surface area contributed by atoms with Gasteiger partial charge >= 0.3 is 6.09 Å². The first-order chi connectivity index (χ1) is 18.4. The van der Waals surface area contributed by atoms with Gasteiger partial charge in [-0.25, -0.2) is 4.79 Å². The number of aliphatic imine (C=N–C) groups is 1. The molecule has 202 valence electrons. The minimum absolute atomic E-state index is 0.0950. The van der Waals surface area contributed by atoms with Crippen molar-refractivity contribution in [3.63, 3.8) is 0 Å². The molecule has 0 aromatic heterocycles. The topological polar surface area (TPSA) is 143 Å². The van der Waals surface area contributed by atoms with Crippen molar-refractivity contribution in [2.24, 2.45) is 10.7 Å². The van der Waals surface area contributed by atoms with Crippen LogP contribution in [0.5, 0.6) is 0 Å². The molecule has 0 spiro atoms. The average molecular weight is 522 g/mol. The number of amides is 3. The second-order valence-corrected chi connectivity index (χ2v) is 9.17. The Morgan fingerprint density at radius 2 is 1.82 bits per heavy atom. The molecule has 1 aliphatic rings.